The molecule has 0 rings (SSSR count). The SMILES string of the molecule is CC/C=C\C/C=C\C/C=C\C/C=C\CCCCCCCCCCCCCCCCCCCCCCCCC(=O)OCC(COC(=O)CCCCCCCCC)OC(=O)CCCCCCCC/C=C\C/C=C\C/C=C\CCCCC. The summed E-state index contributed by atoms with van der Waals surface area (Å²) in [6.07, 6.45) is 89.3. The first-order valence-corrected chi connectivity index (χ1v) is 34.1. The summed E-state index contributed by atoms with van der Waals surface area (Å²) in [5.41, 5.74) is 0. The lowest BCUT2D eigenvalue weighted by atomic mass is 10.0. The number of carbonyl (C=O) groups is 3. The van der Waals surface area contributed by atoms with Gasteiger partial charge in [0, 0.05) is 19.3 Å². The van der Waals surface area contributed by atoms with Crippen LogP contribution in [0.1, 0.15) is 342 Å². The molecule has 0 spiro atoms. The molecule has 0 fully saturated rings. The van der Waals surface area contributed by atoms with Crippen LogP contribution in [0.4, 0.5) is 0 Å². The van der Waals surface area contributed by atoms with Crippen molar-refractivity contribution in [1.29, 1.82) is 0 Å². The molecule has 0 amide bonds. The van der Waals surface area contributed by atoms with E-state index >= 15 is 0 Å². The van der Waals surface area contributed by atoms with Crippen molar-refractivity contribution in [1.82, 2.24) is 0 Å². The third-order valence-corrected chi connectivity index (χ3v) is 14.9. The van der Waals surface area contributed by atoms with Gasteiger partial charge in [0.05, 0.1) is 0 Å². The van der Waals surface area contributed by atoms with Crippen molar-refractivity contribution in [2.45, 2.75) is 348 Å². The second-order valence-electron chi connectivity index (χ2n) is 22.7. The van der Waals surface area contributed by atoms with E-state index in [1.807, 2.05) is 0 Å². The molecule has 0 bridgehead atoms. The Balaban J connectivity index is 3.99. The Morgan fingerprint density at radius 3 is 0.797 bits per heavy atom. The van der Waals surface area contributed by atoms with Crippen molar-refractivity contribution in [2.24, 2.45) is 0 Å². The van der Waals surface area contributed by atoms with Crippen molar-refractivity contribution in [3.63, 3.8) is 0 Å². The van der Waals surface area contributed by atoms with Crippen LogP contribution in [0.15, 0.2) is 85.1 Å². The third kappa shape index (κ3) is 65.3. The smallest absolute Gasteiger partial charge is 0.306 e. The van der Waals surface area contributed by atoms with Gasteiger partial charge in [0.25, 0.3) is 0 Å². The zero-order valence-corrected chi connectivity index (χ0v) is 52.4. The summed E-state index contributed by atoms with van der Waals surface area (Å²) < 4.78 is 16.8. The largest absolute Gasteiger partial charge is 0.462 e. The average molecular weight is 1100 g/mol. The fourth-order valence-electron chi connectivity index (χ4n) is 9.80. The van der Waals surface area contributed by atoms with E-state index in [2.05, 4.69) is 106 Å². The van der Waals surface area contributed by atoms with Crippen LogP contribution in [-0.4, -0.2) is 37.2 Å². The highest BCUT2D eigenvalue weighted by atomic mass is 16.6. The van der Waals surface area contributed by atoms with Crippen LogP contribution in [0, 0.1) is 0 Å². The predicted molar refractivity (Wildman–Crippen MR) is 344 cm³/mol. The minimum absolute atomic E-state index is 0.0770. The summed E-state index contributed by atoms with van der Waals surface area (Å²) >= 11 is 0. The van der Waals surface area contributed by atoms with Gasteiger partial charge in [0.15, 0.2) is 6.10 Å². The molecule has 456 valence electrons. The maximum absolute atomic E-state index is 12.9. The summed E-state index contributed by atoms with van der Waals surface area (Å²) in [4.78, 5) is 38.1. The molecule has 0 aromatic heterocycles. The van der Waals surface area contributed by atoms with Gasteiger partial charge >= 0.3 is 17.9 Å². The second-order valence-corrected chi connectivity index (χ2v) is 22.7. The number of carbonyl (C=O) groups excluding carboxylic acids is 3. The van der Waals surface area contributed by atoms with Crippen molar-refractivity contribution in [3.8, 4) is 0 Å². The lowest BCUT2D eigenvalue weighted by Crippen LogP contribution is -2.30. The molecule has 0 N–H and O–H groups in total. The molecule has 1 unspecified atom stereocenters. The van der Waals surface area contributed by atoms with Gasteiger partial charge < -0.3 is 14.2 Å². The van der Waals surface area contributed by atoms with E-state index in [0.717, 1.165) is 109 Å². The Hall–Kier alpha value is -3.41. The van der Waals surface area contributed by atoms with Gasteiger partial charge in [-0.25, -0.2) is 0 Å². The van der Waals surface area contributed by atoms with E-state index in [9.17, 15) is 14.4 Å². The Morgan fingerprint density at radius 1 is 0.266 bits per heavy atom. The van der Waals surface area contributed by atoms with Crippen molar-refractivity contribution < 1.29 is 28.6 Å². The summed E-state index contributed by atoms with van der Waals surface area (Å²) in [6.45, 7) is 6.48. The van der Waals surface area contributed by atoms with Crippen LogP contribution in [0.3, 0.4) is 0 Å². The number of rotatable bonds is 62. The summed E-state index contributed by atoms with van der Waals surface area (Å²) in [7, 11) is 0. The van der Waals surface area contributed by atoms with E-state index in [0.29, 0.717) is 19.3 Å². The standard InChI is InChI=1S/C73H128O6/c1-4-7-10-13-16-18-20-22-24-26-28-29-30-31-32-33-34-35-36-37-38-39-40-41-42-43-45-46-48-50-52-54-57-60-63-66-72(75)78-69-70(68-77-71(74)65-62-59-56-15-12-9-6-3)79-73(76)67-64-61-58-55-53-51-49-47-44-27-25-23-21-19-17-14-11-8-5-2/h7,10,16-19,22-25,28-29,44,47,70H,4-6,8-9,11-15,20-21,26-27,30-43,45-46,48-69H2,1-3H3/b10-7-,18-16-,19-17-,24-22-,25-23-,29-28-,47-44-. The van der Waals surface area contributed by atoms with Gasteiger partial charge in [0.2, 0.25) is 0 Å². The van der Waals surface area contributed by atoms with Crippen LogP contribution < -0.4 is 0 Å². The number of hydrogen-bond donors (Lipinski definition) is 0. The number of hydrogen-bond acceptors (Lipinski definition) is 6. The minimum Gasteiger partial charge on any atom is -0.462 e. The fraction of sp³-hybridized carbons (Fsp3) is 0.767. The van der Waals surface area contributed by atoms with E-state index < -0.39 is 6.10 Å². The molecule has 79 heavy (non-hydrogen) atoms. The predicted octanol–water partition coefficient (Wildman–Crippen LogP) is 23.4. The number of allylic oxidation sites excluding steroid dienone is 14. The van der Waals surface area contributed by atoms with Crippen LogP contribution in [0.5, 0.6) is 0 Å². The highest BCUT2D eigenvalue weighted by molar-refractivity contribution is 5.71. The Labute approximate surface area is 490 Å². The molecule has 0 aliphatic carbocycles. The molecular formula is C73H128O6. The zero-order chi connectivity index (χ0) is 57.1. The van der Waals surface area contributed by atoms with Crippen LogP contribution in [-0.2, 0) is 28.6 Å². The van der Waals surface area contributed by atoms with Gasteiger partial charge in [0.1, 0.15) is 13.2 Å². The normalized spacial score (nSPS) is 12.6. The summed E-state index contributed by atoms with van der Waals surface area (Å²) in [6, 6.07) is 0. The summed E-state index contributed by atoms with van der Waals surface area (Å²) in [5.74, 6) is -0.881. The monoisotopic (exact) mass is 1100 g/mol. The van der Waals surface area contributed by atoms with Crippen LogP contribution in [0.25, 0.3) is 0 Å². The first kappa shape index (κ1) is 75.6. The highest BCUT2D eigenvalue weighted by Crippen LogP contribution is 2.17. The molecule has 6 nitrogen and oxygen atoms in total. The lowest BCUT2D eigenvalue weighted by Gasteiger charge is -2.18. The average Bonchev–Trinajstić information content (AvgIpc) is 3.45. The molecule has 0 saturated heterocycles. The molecule has 0 heterocycles. The lowest BCUT2D eigenvalue weighted by molar-refractivity contribution is -0.167. The number of esters is 3. The quantitative estimate of drug-likeness (QED) is 0.0261. The molecule has 0 radical (unpaired) electrons. The van der Waals surface area contributed by atoms with Gasteiger partial charge in [-0.3, -0.25) is 14.4 Å². The first-order valence-electron chi connectivity index (χ1n) is 34.1. The maximum Gasteiger partial charge on any atom is 0.306 e. The Kier molecular flexibility index (Phi) is 64.2. The number of unbranched alkanes of at least 4 members (excludes halogenated alkanes) is 37. The van der Waals surface area contributed by atoms with Gasteiger partial charge in [-0.1, -0.05) is 311 Å². The van der Waals surface area contributed by atoms with E-state index in [-0.39, 0.29) is 31.1 Å². The number of ether oxygens (including phenoxy) is 3. The molecule has 0 aliphatic rings. The van der Waals surface area contributed by atoms with E-state index in [4.69, 9.17) is 14.2 Å². The van der Waals surface area contributed by atoms with Crippen molar-refractivity contribution in [2.75, 3.05) is 13.2 Å². The summed E-state index contributed by atoms with van der Waals surface area (Å²) in [5, 5.41) is 0. The van der Waals surface area contributed by atoms with Crippen molar-refractivity contribution in [3.05, 3.63) is 85.1 Å². The molecule has 0 aliphatic heterocycles. The molecule has 6 heteroatoms. The molecule has 1 atom stereocenters. The van der Waals surface area contributed by atoms with Crippen molar-refractivity contribution >= 4 is 17.9 Å². The van der Waals surface area contributed by atoms with Crippen LogP contribution in [0.2, 0.25) is 0 Å². The van der Waals surface area contributed by atoms with Crippen LogP contribution >= 0.6 is 0 Å². The minimum atomic E-state index is -0.778. The molecule has 0 aromatic carbocycles. The van der Waals surface area contributed by atoms with Gasteiger partial charge in [-0.2, -0.15) is 0 Å². The Morgan fingerprint density at radius 2 is 0.494 bits per heavy atom. The topological polar surface area (TPSA) is 78.9 Å². The third-order valence-electron chi connectivity index (χ3n) is 14.9. The molecular weight excluding hydrogens is 973 g/mol. The Bertz CT molecular complexity index is 1500. The molecule has 0 aromatic rings. The second kappa shape index (κ2) is 67.1. The highest BCUT2D eigenvalue weighted by Gasteiger charge is 2.19. The van der Waals surface area contributed by atoms with E-state index in [1.54, 1.807) is 0 Å². The fourth-order valence-corrected chi connectivity index (χ4v) is 9.80. The van der Waals surface area contributed by atoms with Gasteiger partial charge in [-0.05, 0) is 96.3 Å². The maximum atomic E-state index is 12.9. The molecule has 0 saturated carbocycles. The zero-order valence-electron chi connectivity index (χ0n) is 52.4. The van der Waals surface area contributed by atoms with Gasteiger partial charge in [-0.15, -0.1) is 0 Å². The van der Waals surface area contributed by atoms with E-state index in [1.165, 1.54) is 193 Å². The first-order chi connectivity index (χ1) is 39.0.